The molecule has 5 nitrogen and oxygen atoms in total. The third-order valence-electron chi connectivity index (χ3n) is 3.10. The highest BCUT2D eigenvalue weighted by Crippen LogP contribution is 2.37. The second-order valence-electron chi connectivity index (χ2n) is 4.53. The highest BCUT2D eigenvalue weighted by Gasteiger charge is 2.36. The van der Waals surface area contributed by atoms with Gasteiger partial charge in [0.25, 0.3) is 0 Å². The maximum atomic E-state index is 12.5. The molecule has 1 aromatic carbocycles. The molecule has 0 atom stereocenters. The highest BCUT2D eigenvalue weighted by atomic mass is 32.1. The van der Waals surface area contributed by atoms with Gasteiger partial charge in [-0.15, -0.1) is 10.2 Å². The summed E-state index contributed by atoms with van der Waals surface area (Å²) >= 11 is 0.481. The van der Waals surface area contributed by atoms with Gasteiger partial charge < -0.3 is 10.0 Å². The average Bonchev–Trinajstić information content (AvgIpc) is 3.03. The van der Waals surface area contributed by atoms with E-state index in [0.29, 0.717) is 24.4 Å². The minimum Gasteiger partial charge on any atom is -0.478 e. The summed E-state index contributed by atoms with van der Waals surface area (Å²) < 4.78 is 37.6. The van der Waals surface area contributed by atoms with Gasteiger partial charge in [-0.05, 0) is 23.3 Å². The van der Waals surface area contributed by atoms with Gasteiger partial charge in [0.2, 0.25) is 10.1 Å². The van der Waals surface area contributed by atoms with Crippen LogP contribution in [0, 0.1) is 0 Å². The van der Waals surface area contributed by atoms with E-state index < -0.39 is 17.2 Å². The molecule has 2 heterocycles. The third-order valence-corrected chi connectivity index (χ3v) is 4.13. The van der Waals surface area contributed by atoms with Crippen LogP contribution in [0.4, 0.5) is 18.3 Å². The monoisotopic (exact) mass is 315 g/mol. The molecule has 0 aliphatic carbocycles. The zero-order valence-electron chi connectivity index (χ0n) is 10.4. The molecule has 0 amide bonds. The number of halogens is 3. The Labute approximate surface area is 120 Å². The number of hydrogen-bond acceptors (Lipinski definition) is 5. The summed E-state index contributed by atoms with van der Waals surface area (Å²) in [7, 11) is 0. The topological polar surface area (TPSA) is 66.3 Å². The van der Waals surface area contributed by atoms with Crippen molar-refractivity contribution in [3.8, 4) is 0 Å². The number of carboxylic acid groups (broad SMARTS) is 1. The van der Waals surface area contributed by atoms with Crippen LogP contribution in [0.1, 0.15) is 26.5 Å². The largest absolute Gasteiger partial charge is 0.478 e. The summed E-state index contributed by atoms with van der Waals surface area (Å²) in [6.45, 7) is 0.713. The van der Waals surface area contributed by atoms with Gasteiger partial charge in [0.05, 0.1) is 5.56 Å². The Kier molecular flexibility index (Phi) is 3.08. The van der Waals surface area contributed by atoms with Crippen molar-refractivity contribution in [2.75, 3.05) is 4.90 Å². The van der Waals surface area contributed by atoms with Gasteiger partial charge in [-0.3, -0.25) is 0 Å². The maximum absolute atomic E-state index is 12.5. The van der Waals surface area contributed by atoms with Gasteiger partial charge in [0, 0.05) is 13.1 Å². The van der Waals surface area contributed by atoms with Crippen molar-refractivity contribution in [2.45, 2.75) is 19.3 Å². The van der Waals surface area contributed by atoms with Gasteiger partial charge in [-0.25, -0.2) is 4.79 Å². The number of rotatable bonds is 2. The summed E-state index contributed by atoms with van der Waals surface area (Å²) in [5.41, 5.74) is 1.81. The standard InChI is InChI=1S/C12H8F3N3O2S/c13-12(14,15)10-16-17-11(21-10)18-4-7-2-1-6(9(19)20)3-8(7)5-18/h1-3H,4-5H2,(H,19,20). The van der Waals surface area contributed by atoms with E-state index in [9.17, 15) is 18.0 Å². The average molecular weight is 315 g/mol. The Balaban J connectivity index is 1.84. The van der Waals surface area contributed by atoms with E-state index in [1.807, 2.05) is 0 Å². The van der Waals surface area contributed by atoms with E-state index in [1.165, 1.54) is 12.1 Å². The van der Waals surface area contributed by atoms with Crippen LogP contribution in [0.15, 0.2) is 18.2 Å². The number of aromatic nitrogens is 2. The van der Waals surface area contributed by atoms with Gasteiger partial charge in [-0.2, -0.15) is 13.2 Å². The summed E-state index contributed by atoms with van der Waals surface area (Å²) in [5, 5.41) is 14.8. The molecule has 0 fully saturated rings. The van der Waals surface area contributed by atoms with E-state index in [2.05, 4.69) is 10.2 Å². The first-order chi connectivity index (χ1) is 9.84. The number of benzene rings is 1. The minimum atomic E-state index is -4.50. The predicted octanol–water partition coefficient (Wildman–Crippen LogP) is 2.78. The quantitative estimate of drug-likeness (QED) is 0.923. The fraction of sp³-hybridized carbons (Fsp3) is 0.250. The first-order valence-corrected chi connectivity index (χ1v) is 6.67. The first-order valence-electron chi connectivity index (χ1n) is 5.85. The van der Waals surface area contributed by atoms with Gasteiger partial charge in [0.1, 0.15) is 0 Å². The van der Waals surface area contributed by atoms with Crippen molar-refractivity contribution in [2.24, 2.45) is 0 Å². The van der Waals surface area contributed by atoms with Crippen molar-refractivity contribution in [3.05, 3.63) is 39.9 Å². The molecule has 0 radical (unpaired) electrons. The fourth-order valence-corrected chi connectivity index (χ4v) is 2.83. The summed E-state index contributed by atoms with van der Waals surface area (Å²) in [6, 6.07) is 4.68. The Hall–Kier alpha value is -2.16. The number of nitrogens with zero attached hydrogens (tertiary/aromatic N) is 3. The molecule has 0 bridgehead atoms. The summed E-state index contributed by atoms with van der Waals surface area (Å²) in [6.07, 6.45) is -4.50. The lowest BCUT2D eigenvalue weighted by Crippen LogP contribution is -2.14. The zero-order valence-corrected chi connectivity index (χ0v) is 11.2. The molecule has 1 N–H and O–H groups in total. The SMILES string of the molecule is O=C(O)c1ccc2c(c1)CN(c1nnc(C(F)(F)F)s1)C2. The van der Waals surface area contributed by atoms with Crippen molar-refractivity contribution in [1.82, 2.24) is 10.2 Å². The fourth-order valence-electron chi connectivity index (χ4n) is 2.12. The van der Waals surface area contributed by atoms with Crippen LogP contribution < -0.4 is 4.90 Å². The minimum absolute atomic E-state index is 0.156. The lowest BCUT2D eigenvalue weighted by atomic mass is 10.1. The molecular formula is C12H8F3N3O2S. The van der Waals surface area contributed by atoms with E-state index >= 15 is 0 Å². The molecule has 0 saturated heterocycles. The Bertz CT molecular complexity index is 714. The Morgan fingerprint density at radius 1 is 1.24 bits per heavy atom. The van der Waals surface area contributed by atoms with E-state index in [4.69, 9.17) is 5.11 Å². The highest BCUT2D eigenvalue weighted by molar-refractivity contribution is 7.15. The molecule has 0 saturated carbocycles. The molecule has 0 spiro atoms. The third kappa shape index (κ3) is 2.56. The van der Waals surface area contributed by atoms with Crippen molar-refractivity contribution in [1.29, 1.82) is 0 Å². The smallest absolute Gasteiger partial charge is 0.445 e. The number of hydrogen-bond donors (Lipinski definition) is 1. The van der Waals surface area contributed by atoms with Crippen molar-refractivity contribution in [3.63, 3.8) is 0 Å². The summed E-state index contributed by atoms with van der Waals surface area (Å²) in [5.74, 6) is -1.04. The van der Waals surface area contributed by atoms with Crippen molar-refractivity contribution >= 4 is 22.4 Å². The number of aromatic carboxylic acids is 1. The predicted molar refractivity (Wildman–Crippen MR) is 68.2 cm³/mol. The molecule has 9 heteroatoms. The second-order valence-corrected chi connectivity index (χ2v) is 5.49. The number of anilines is 1. The zero-order chi connectivity index (χ0) is 15.2. The number of alkyl halides is 3. The van der Waals surface area contributed by atoms with Crippen molar-refractivity contribution < 1.29 is 23.1 Å². The molecule has 1 aliphatic rings. The lowest BCUT2D eigenvalue weighted by molar-refractivity contribution is -0.138. The molecule has 21 heavy (non-hydrogen) atoms. The normalized spacial score (nSPS) is 14.3. The second kappa shape index (κ2) is 4.69. The van der Waals surface area contributed by atoms with Crippen LogP contribution in [-0.4, -0.2) is 21.3 Å². The molecule has 2 aromatic rings. The van der Waals surface area contributed by atoms with Crippen LogP contribution in [0.2, 0.25) is 0 Å². The molecule has 0 unspecified atom stereocenters. The van der Waals surface area contributed by atoms with E-state index in [0.717, 1.165) is 11.1 Å². The summed E-state index contributed by atoms with van der Waals surface area (Å²) in [4.78, 5) is 12.5. The van der Waals surface area contributed by atoms with Gasteiger partial charge in [-0.1, -0.05) is 17.4 Å². The molecule has 3 rings (SSSR count). The Morgan fingerprint density at radius 2 is 1.95 bits per heavy atom. The van der Waals surface area contributed by atoms with Crippen LogP contribution in [0.25, 0.3) is 0 Å². The molecule has 110 valence electrons. The maximum Gasteiger partial charge on any atom is 0.445 e. The number of carbonyl (C=O) groups is 1. The lowest BCUT2D eigenvalue weighted by Gasteiger charge is -2.11. The Morgan fingerprint density at radius 3 is 2.57 bits per heavy atom. The van der Waals surface area contributed by atoms with Gasteiger partial charge in [0.15, 0.2) is 0 Å². The molecule has 1 aliphatic heterocycles. The number of carboxylic acids is 1. The van der Waals surface area contributed by atoms with Gasteiger partial charge >= 0.3 is 12.1 Å². The molecule has 1 aromatic heterocycles. The van der Waals surface area contributed by atoms with Crippen LogP contribution in [0.5, 0.6) is 0 Å². The first kappa shape index (κ1) is 13.8. The molecular weight excluding hydrogens is 307 g/mol. The van der Waals surface area contributed by atoms with E-state index in [1.54, 1.807) is 11.0 Å². The van der Waals surface area contributed by atoms with Crippen LogP contribution >= 0.6 is 11.3 Å². The van der Waals surface area contributed by atoms with E-state index in [-0.39, 0.29) is 10.7 Å². The van der Waals surface area contributed by atoms with Crippen LogP contribution in [0.3, 0.4) is 0 Å². The van der Waals surface area contributed by atoms with Crippen LogP contribution in [-0.2, 0) is 19.3 Å². The number of fused-ring (bicyclic) bond motifs is 1.